The van der Waals surface area contributed by atoms with Crippen molar-refractivity contribution in [3.8, 4) is 5.69 Å². The summed E-state index contributed by atoms with van der Waals surface area (Å²) < 4.78 is 13.0. The van der Waals surface area contributed by atoms with Gasteiger partial charge >= 0.3 is 5.97 Å². The summed E-state index contributed by atoms with van der Waals surface area (Å²) in [5, 5.41) is 17.7. The van der Waals surface area contributed by atoms with Crippen LogP contribution in [0.2, 0.25) is 0 Å². The molecular formula is C17H15FN4O2. The zero-order valence-corrected chi connectivity index (χ0v) is 12.9. The summed E-state index contributed by atoms with van der Waals surface area (Å²) in [6.45, 7) is 0.489. The van der Waals surface area contributed by atoms with E-state index in [1.165, 1.54) is 29.1 Å². The molecule has 7 heteroatoms. The number of benzene rings is 2. The van der Waals surface area contributed by atoms with Gasteiger partial charge in [-0.25, -0.2) is 9.18 Å². The van der Waals surface area contributed by atoms with Crippen molar-refractivity contribution in [1.82, 2.24) is 15.0 Å². The highest BCUT2D eigenvalue weighted by atomic mass is 19.1. The van der Waals surface area contributed by atoms with Crippen LogP contribution in [0.3, 0.4) is 0 Å². The zero-order chi connectivity index (χ0) is 17.1. The molecule has 0 fully saturated rings. The van der Waals surface area contributed by atoms with Crippen LogP contribution in [0.4, 0.5) is 10.2 Å². The van der Waals surface area contributed by atoms with E-state index < -0.39 is 5.97 Å². The molecule has 3 aromatic rings. The standard InChI is InChI=1S/C17H15FN4O2/c1-21(11-12-5-3-2-4-6-12)16-15(17(23)24)19-22(20-16)14-9-7-13(18)8-10-14/h2-10H,11H2,1H3,(H,23,24). The predicted molar refractivity (Wildman–Crippen MR) is 86.8 cm³/mol. The number of nitrogens with zero attached hydrogens (tertiary/aromatic N) is 4. The van der Waals surface area contributed by atoms with Crippen molar-refractivity contribution in [2.24, 2.45) is 0 Å². The molecule has 1 heterocycles. The fraction of sp³-hybridized carbons (Fsp3) is 0.118. The van der Waals surface area contributed by atoms with E-state index in [2.05, 4.69) is 10.2 Å². The van der Waals surface area contributed by atoms with Gasteiger partial charge in [-0.15, -0.1) is 15.0 Å². The number of hydrogen-bond acceptors (Lipinski definition) is 4. The van der Waals surface area contributed by atoms with Gasteiger partial charge in [-0.3, -0.25) is 0 Å². The van der Waals surface area contributed by atoms with Crippen LogP contribution in [-0.2, 0) is 6.54 Å². The normalized spacial score (nSPS) is 10.6. The largest absolute Gasteiger partial charge is 0.476 e. The lowest BCUT2D eigenvalue weighted by Gasteiger charge is -2.16. The molecule has 0 saturated carbocycles. The number of aromatic nitrogens is 3. The van der Waals surface area contributed by atoms with Gasteiger partial charge in [-0.1, -0.05) is 30.3 Å². The van der Waals surface area contributed by atoms with Gasteiger partial charge < -0.3 is 10.0 Å². The van der Waals surface area contributed by atoms with Crippen molar-refractivity contribution < 1.29 is 14.3 Å². The van der Waals surface area contributed by atoms with Gasteiger partial charge in [0, 0.05) is 13.6 Å². The molecule has 24 heavy (non-hydrogen) atoms. The second-order valence-corrected chi connectivity index (χ2v) is 5.28. The summed E-state index contributed by atoms with van der Waals surface area (Å²) in [5.41, 5.74) is 1.35. The minimum atomic E-state index is -1.17. The summed E-state index contributed by atoms with van der Waals surface area (Å²) in [4.78, 5) is 14.4. The fourth-order valence-electron chi connectivity index (χ4n) is 2.32. The first-order chi connectivity index (χ1) is 11.5. The Kier molecular flexibility index (Phi) is 4.24. The first kappa shape index (κ1) is 15.7. The number of carbonyl (C=O) groups is 1. The van der Waals surface area contributed by atoms with E-state index in [1.54, 1.807) is 11.9 Å². The van der Waals surface area contributed by atoms with E-state index in [0.29, 0.717) is 12.2 Å². The third-order valence-corrected chi connectivity index (χ3v) is 3.48. The second-order valence-electron chi connectivity index (χ2n) is 5.28. The lowest BCUT2D eigenvalue weighted by atomic mass is 10.2. The molecule has 1 N–H and O–H groups in total. The summed E-state index contributed by atoms with van der Waals surface area (Å²) >= 11 is 0. The molecule has 0 atom stereocenters. The summed E-state index contributed by atoms with van der Waals surface area (Å²) in [5.74, 6) is -1.31. The maximum Gasteiger partial charge on any atom is 0.360 e. The van der Waals surface area contributed by atoms with Crippen LogP contribution in [0.1, 0.15) is 16.1 Å². The molecule has 0 aliphatic rings. The minimum absolute atomic E-state index is 0.155. The fourth-order valence-corrected chi connectivity index (χ4v) is 2.32. The molecule has 0 bridgehead atoms. The van der Waals surface area contributed by atoms with Crippen LogP contribution < -0.4 is 4.90 Å². The van der Waals surface area contributed by atoms with E-state index in [-0.39, 0.29) is 17.3 Å². The van der Waals surface area contributed by atoms with Gasteiger partial charge in [0.05, 0.1) is 5.69 Å². The molecule has 122 valence electrons. The molecule has 1 aromatic heterocycles. The predicted octanol–water partition coefficient (Wildman–Crippen LogP) is 2.74. The Labute approximate surface area is 137 Å². The second kappa shape index (κ2) is 6.49. The van der Waals surface area contributed by atoms with E-state index >= 15 is 0 Å². The van der Waals surface area contributed by atoms with Crippen LogP contribution in [0, 0.1) is 5.82 Å². The molecular weight excluding hydrogens is 311 g/mol. The van der Waals surface area contributed by atoms with Crippen molar-refractivity contribution in [2.45, 2.75) is 6.54 Å². The first-order valence-electron chi connectivity index (χ1n) is 7.26. The summed E-state index contributed by atoms with van der Waals surface area (Å²) in [6.07, 6.45) is 0. The monoisotopic (exact) mass is 326 g/mol. The quantitative estimate of drug-likeness (QED) is 0.780. The summed E-state index contributed by atoms with van der Waals surface area (Å²) in [6, 6.07) is 15.1. The third kappa shape index (κ3) is 3.24. The highest BCUT2D eigenvalue weighted by Crippen LogP contribution is 2.19. The average Bonchev–Trinajstić information content (AvgIpc) is 3.02. The van der Waals surface area contributed by atoms with Gasteiger partial charge in [0.15, 0.2) is 5.82 Å². The Morgan fingerprint density at radius 1 is 1.12 bits per heavy atom. The van der Waals surface area contributed by atoms with E-state index in [9.17, 15) is 14.3 Å². The van der Waals surface area contributed by atoms with Crippen molar-refractivity contribution in [1.29, 1.82) is 0 Å². The maximum absolute atomic E-state index is 13.0. The van der Waals surface area contributed by atoms with Gasteiger partial charge in [0.2, 0.25) is 5.69 Å². The van der Waals surface area contributed by atoms with Crippen LogP contribution in [-0.4, -0.2) is 33.1 Å². The van der Waals surface area contributed by atoms with Crippen molar-refractivity contribution in [3.05, 3.63) is 71.7 Å². The van der Waals surface area contributed by atoms with Crippen molar-refractivity contribution >= 4 is 11.8 Å². The molecule has 0 aliphatic carbocycles. The van der Waals surface area contributed by atoms with Gasteiger partial charge in [-0.2, -0.15) is 0 Å². The zero-order valence-electron chi connectivity index (χ0n) is 12.9. The van der Waals surface area contributed by atoms with Crippen LogP contribution in [0.15, 0.2) is 54.6 Å². The maximum atomic E-state index is 13.0. The smallest absolute Gasteiger partial charge is 0.360 e. The molecule has 0 unspecified atom stereocenters. The molecule has 0 spiro atoms. The lowest BCUT2D eigenvalue weighted by molar-refractivity contribution is 0.0690. The number of anilines is 1. The Morgan fingerprint density at radius 2 is 1.79 bits per heavy atom. The highest BCUT2D eigenvalue weighted by molar-refractivity contribution is 5.90. The number of rotatable bonds is 5. The highest BCUT2D eigenvalue weighted by Gasteiger charge is 2.21. The van der Waals surface area contributed by atoms with Crippen LogP contribution >= 0.6 is 0 Å². The molecule has 0 radical (unpaired) electrons. The van der Waals surface area contributed by atoms with E-state index in [1.807, 2.05) is 30.3 Å². The van der Waals surface area contributed by atoms with Gasteiger partial charge in [0.25, 0.3) is 0 Å². The van der Waals surface area contributed by atoms with Gasteiger partial charge in [0.1, 0.15) is 5.82 Å². The Morgan fingerprint density at radius 3 is 2.42 bits per heavy atom. The van der Waals surface area contributed by atoms with Crippen molar-refractivity contribution in [2.75, 3.05) is 11.9 Å². The Bertz CT molecular complexity index is 847. The molecule has 0 aliphatic heterocycles. The lowest BCUT2D eigenvalue weighted by Crippen LogP contribution is -2.19. The Balaban J connectivity index is 1.94. The molecule has 2 aromatic carbocycles. The summed E-state index contributed by atoms with van der Waals surface area (Å²) in [7, 11) is 1.75. The van der Waals surface area contributed by atoms with E-state index in [4.69, 9.17) is 0 Å². The van der Waals surface area contributed by atoms with Crippen LogP contribution in [0.25, 0.3) is 5.69 Å². The number of hydrogen-bond donors (Lipinski definition) is 1. The number of carboxylic acid groups (broad SMARTS) is 1. The average molecular weight is 326 g/mol. The van der Waals surface area contributed by atoms with E-state index in [0.717, 1.165) is 5.56 Å². The van der Waals surface area contributed by atoms with Crippen LogP contribution in [0.5, 0.6) is 0 Å². The number of halogens is 1. The van der Waals surface area contributed by atoms with Crippen molar-refractivity contribution in [3.63, 3.8) is 0 Å². The third-order valence-electron chi connectivity index (χ3n) is 3.48. The Hall–Kier alpha value is -3.22. The topological polar surface area (TPSA) is 71.2 Å². The number of carboxylic acids is 1. The molecule has 6 nitrogen and oxygen atoms in total. The SMILES string of the molecule is CN(Cc1ccccc1)c1nn(-c2ccc(F)cc2)nc1C(=O)O. The number of aromatic carboxylic acids is 1. The first-order valence-corrected chi connectivity index (χ1v) is 7.26. The molecule has 0 saturated heterocycles. The molecule has 3 rings (SSSR count). The van der Waals surface area contributed by atoms with Gasteiger partial charge in [-0.05, 0) is 29.8 Å². The molecule has 0 amide bonds. The minimum Gasteiger partial charge on any atom is -0.476 e.